The Bertz CT molecular complexity index is 577. The maximum Gasteiger partial charge on any atom is 0.0721 e. The van der Waals surface area contributed by atoms with Gasteiger partial charge in [0.25, 0.3) is 0 Å². The van der Waals surface area contributed by atoms with Crippen LogP contribution in [-0.4, -0.2) is 10.7 Å². The summed E-state index contributed by atoms with van der Waals surface area (Å²) in [5.41, 5.74) is 4.11. The van der Waals surface area contributed by atoms with Gasteiger partial charge in [0.1, 0.15) is 0 Å². The highest BCUT2D eigenvalue weighted by Crippen LogP contribution is 2.62. The SMILES string of the molecule is OC1(Cc2ccc3c(c2)CCC3)CC2CC1C1CCCC21. The molecule has 5 unspecified atom stereocenters. The first-order valence-corrected chi connectivity index (χ1v) is 9.06. The maximum absolute atomic E-state index is 11.3. The Morgan fingerprint density at radius 3 is 2.86 bits per heavy atom. The first kappa shape index (κ1) is 12.7. The molecule has 0 amide bonds. The molecule has 0 saturated heterocycles. The maximum atomic E-state index is 11.3. The summed E-state index contributed by atoms with van der Waals surface area (Å²) in [7, 11) is 0. The fraction of sp³-hybridized carbons (Fsp3) is 0.700. The highest BCUT2D eigenvalue weighted by atomic mass is 16.3. The van der Waals surface area contributed by atoms with E-state index in [-0.39, 0.29) is 5.60 Å². The summed E-state index contributed by atoms with van der Waals surface area (Å²) < 4.78 is 0. The summed E-state index contributed by atoms with van der Waals surface area (Å²) in [6.07, 6.45) is 11.4. The quantitative estimate of drug-likeness (QED) is 0.872. The van der Waals surface area contributed by atoms with Crippen molar-refractivity contribution in [3.8, 4) is 0 Å². The zero-order chi connectivity index (χ0) is 14.0. The van der Waals surface area contributed by atoms with Gasteiger partial charge in [0, 0.05) is 6.42 Å². The molecule has 1 aromatic carbocycles. The molecule has 0 heterocycles. The molecule has 0 spiro atoms. The molecule has 5 rings (SSSR count). The average molecular weight is 282 g/mol. The molecule has 1 heteroatoms. The molecule has 1 nitrogen and oxygen atoms in total. The predicted molar refractivity (Wildman–Crippen MR) is 84.2 cm³/mol. The Labute approximate surface area is 127 Å². The molecule has 1 aromatic rings. The summed E-state index contributed by atoms with van der Waals surface area (Å²) in [6.45, 7) is 0. The number of rotatable bonds is 2. The van der Waals surface area contributed by atoms with Crippen molar-refractivity contribution in [1.82, 2.24) is 0 Å². The number of aryl methyl sites for hydroxylation is 2. The number of benzene rings is 1. The van der Waals surface area contributed by atoms with E-state index in [1.54, 1.807) is 11.1 Å². The summed E-state index contributed by atoms with van der Waals surface area (Å²) >= 11 is 0. The van der Waals surface area contributed by atoms with E-state index in [0.29, 0.717) is 5.92 Å². The number of aliphatic hydroxyl groups is 1. The van der Waals surface area contributed by atoms with E-state index in [9.17, 15) is 5.11 Å². The summed E-state index contributed by atoms with van der Waals surface area (Å²) in [5, 5.41) is 11.3. The van der Waals surface area contributed by atoms with Crippen molar-refractivity contribution in [1.29, 1.82) is 0 Å². The first-order chi connectivity index (χ1) is 10.2. The molecule has 112 valence electrons. The minimum atomic E-state index is -0.386. The van der Waals surface area contributed by atoms with Crippen molar-refractivity contribution >= 4 is 0 Å². The van der Waals surface area contributed by atoms with E-state index in [4.69, 9.17) is 0 Å². The van der Waals surface area contributed by atoms with Crippen LogP contribution < -0.4 is 0 Å². The Hall–Kier alpha value is -0.820. The Morgan fingerprint density at radius 1 is 1.05 bits per heavy atom. The van der Waals surface area contributed by atoms with Gasteiger partial charge in [-0.25, -0.2) is 0 Å². The van der Waals surface area contributed by atoms with Crippen LogP contribution in [0.5, 0.6) is 0 Å². The van der Waals surface area contributed by atoms with Crippen LogP contribution in [0.2, 0.25) is 0 Å². The van der Waals surface area contributed by atoms with Crippen molar-refractivity contribution in [2.24, 2.45) is 23.7 Å². The predicted octanol–water partition coefficient (Wildman–Crippen LogP) is 3.91. The largest absolute Gasteiger partial charge is 0.389 e. The van der Waals surface area contributed by atoms with Gasteiger partial charge in [-0.2, -0.15) is 0 Å². The lowest BCUT2D eigenvalue weighted by molar-refractivity contribution is -0.0450. The van der Waals surface area contributed by atoms with Crippen molar-refractivity contribution in [3.05, 3.63) is 34.9 Å². The second-order valence-corrected chi connectivity index (χ2v) is 8.30. The molecule has 3 saturated carbocycles. The summed E-state index contributed by atoms with van der Waals surface area (Å²) in [4.78, 5) is 0. The van der Waals surface area contributed by atoms with Gasteiger partial charge < -0.3 is 5.11 Å². The van der Waals surface area contributed by atoms with Crippen LogP contribution in [0.4, 0.5) is 0 Å². The second-order valence-electron chi connectivity index (χ2n) is 8.30. The minimum Gasteiger partial charge on any atom is -0.389 e. The normalized spacial score (nSPS) is 43.3. The average Bonchev–Trinajstić information content (AvgIpc) is 3.17. The van der Waals surface area contributed by atoms with Crippen LogP contribution in [0.3, 0.4) is 0 Å². The highest BCUT2D eigenvalue weighted by Gasteiger charge is 2.60. The second kappa shape index (κ2) is 4.35. The zero-order valence-corrected chi connectivity index (χ0v) is 12.9. The molecule has 2 bridgehead atoms. The molecule has 4 aliphatic rings. The molecule has 0 aliphatic heterocycles. The molecule has 0 radical (unpaired) electrons. The standard InChI is InChI=1S/C20H26O/c21-20(11-13-7-8-14-3-1-4-15(14)9-13)12-16-10-19(20)18-6-2-5-17(16)18/h7-9,16-19,21H,1-6,10-12H2. The van der Waals surface area contributed by atoms with Crippen molar-refractivity contribution in [3.63, 3.8) is 0 Å². The Kier molecular flexibility index (Phi) is 2.63. The lowest BCUT2D eigenvalue weighted by Gasteiger charge is -2.39. The topological polar surface area (TPSA) is 20.2 Å². The van der Waals surface area contributed by atoms with Crippen molar-refractivity contribution < 1.29 is 5.11 Å². The van der Waals surface area contributed by atoms with Gasteiger partial charge in [-0.1, -0.05) is 24.6 Å². The summed E-state index contributed by atoms with van der Waals surface area (Å²) in [6, 6.07) is 7.02. The molecule has 0 aromatic heterocycles. The third kappa shape index (κ3) is 1.79. The van der Waals surface area contributed by atoms with Crippen LogP contribution in [0.25, 0.3) is 0 Å². The fourth-order valence-corrected chi connectivity index (χ4v) is 6.53. The molecular formula is C20H26O. The van der Waals surface area contributed by atoms with Gasteiger partial charge in [-0.15, -0.1) is 0 Å². The van der Waals surface area contributed by atoms with E-state index in [1.807, 2.05) is 0 Å². The molecule has 5 atom stereocenters. The van der Waals surface area contributed by atoms with Gasteiger partial charge in [-0.05, 0) is 85.3 Å². The van der Waals surface area contributed by atoms with E-state index in [2.05, 4.69) is 18.2 Å². The van der Waals surface area contributed by atoms with Crippen molar-refractivity contribution in [2.75, 3.05) is 0 Å². The highest BCUT2D eigenvalue weighted by molar-refractivity contribution is 5.36. The minimum absolute atomic E-state index is 0.386. The molecule has 1 N–H and O–H groups in total. The van der Waals surface area contributed by atoms with E-state index in [1.165, 1.54) is 50.5 Å². The first-order valence-electron chi connectivity index (χ1n) is 9.06. The lowest BCUT2D eigenvalue weighted by atomic mass is 9.70. The van der Waals surface area contributed by atoms with Gasteiger partial charge in [-0.3, -0.25) is 0 Å². The van der Waals surface area contributed by atoms with Gasteiger partial charge >= 0.3 is 0 Å². The Balaban J connectivity index is 1.41. The van der Waals surface area contributed by atoms with E-state index in [0.717, 1.165) is 30.6 Å². The van der Waals surface area contributed by atoms with Crippen LogP contribution in [0.15, 0.2) is 18.2 Å². The fourth-order valence-electron chi connectivity index (χ4n) is 6.53. The smallest absolute Gasteiger partial charge is 0.0721 e. The molecular weight excluding hydrogens is 256 g/mol. The van der Waals surface area contributed by atoms with Gasteiger partial charge in [0.2, 0.25) is 0 Å². The van der Waals surface area contributed by atoms with Gasteiger partial charge in [0.05, 0.1) is 5.60 Å². The number of hydrogen-bond donors (Lipinski definition) is 1. The van der Waals surface area contributed by atoms with Crippen LogP contribution in [0.1, 0.15) is 55.2 Å². The zero-order valence-electron chi connectivity index (χ0n) is 12.9. The monoisotopic (exact) mass is 282 g/mol. The van der Waals surface area contributed by atoms with E-state index >= 15 is 0 Å². The van der Waals surface area contributed by atoms with Crippen molar-refractivity contribution in [2.45, 2.75) is 63.4 Å². The number of fused-ring (bicyclic) bond motifs is 6. The van der Waals surface area contributed by atoms with Crippen LogP contribution in [-0.2, 0) is 19.3 Å². The Morgan fingerprint density at radius 2 is 1.90 bits per heavy atom. The van der Waals surface area contributed by atoms with E-state index < -0.39 is 0 Å². The molecule has 3 fully saturated rings. The third-order valence-electron chi connectivity index (χ3n) is 7.28. The molecule has 21 heavy (non-hydrogen) atoms. The van der Waals surface area contributed by atoms with Crippen LogP contribution >= 0.6 is 0 Å². The molecule has 4 aliphatic carbocycles. The number of hydrogen-bond acceptors (Lipinski definition) is 1. The third-order valence-corrected chi connectivity index (χ3v) is 7.28. The lowest BCUT2D eigenvalue weighted by Crippen LogP contribution is -2.43. The van der Waals surface area contributed by atoms with Crippen LogP contribution in [0, 0.1) is 23.7 Å². The van der Waals surface area contributed by atoms with Gasteiger partial charge in [0.15, 0.2) is 0 Å². The summed E-state index contributed by atoms with van der Waals surface area (Å²) in [5.74, 6) is 3.25.